The monoisotopic (exact) mass is 240 g/mol. The fourth-order valence-electron chi connectivity index (χ4n) is 1.48. The van der Waals surface area contributed by atoms with Gasteiger partial charge in [0.25, 0.3) is 0 Å². The summed E-state index contributed by atoms with van der Waals surface area (Å²) in [5.74, 6) is 0.610. The molecule has 17 heavy (non-hydrogen) atoms. The van der Waals surface area contributed by atoms with Crippen LogP contribution in [0.5, 0.6) is 0 Å². The van der Waals surface area contributed by atoms with Crippen LogP contribution in [0.1, 0.15) is 47.0 Å². The molecule has 0 amide bonds. The van der Waals surface area contributed by atoms with Crippen LogP contribution in [0.4, 0.5) is 4.79 Å². The van der Waals surface area contributed by atoms with Gasteiger partial charge in [-0.1, -0.05) is 24.6 Å². The van der Waals surface area contributed by atoms with Crippen molar-refractivity contribution >= 4 is 6.16 Å². The largest absolute Gasteiger partial charge is 0.506 e. The van der Waals surface area contributed by atoms with Gasteiger partial charge in [-0.2, -0.15) is 0 Å². The number of rotatable bonds is 7. The minimum atomic E-state index is -1.22. The summed E-state index contributed by atoms with van der Waals surface area (Å²) in [4.78, 5) is 10.2. The molecule has 3 heteroatoms. The Balaban J connectivity index is 3.75. The van der Waals surface area contributed by atoms with Gasteiger partial charge in [0.1, 0.15) is 6.10 Å². The maximum absolute atomic E-state index is 10.2. The highest BCUT2D eigenvalue weighted by Gasteiger charge is 2.03. The second-order valence-electron chi connectivity index (χ2n) is 4.72. The molecule has 0 unspecified atom stereocenters. The van der Waals surface area contributed by atoms with Gasteiger partial charge in [-0.25, -0.2) is 4.79 Å². The van der Waals surface area contributed by atoms with Gasteiger partial charge in [-0.05, 0) is 52.0 Å². The van der Waals surface area contributed by atoms with Gasteiger partial charge in [-0.15, -0.1) is 0 Å². The van der Waals surface area contributed by atoms with Crippen molar-refractivity contribution in [2.24, 2.45) is 5.92 Å². The van der Waals surface area contributed by atoms with Crippen LogP contribution in [0.2, 0.25) is 0 Å². The van der Waals surface area contributed by atoms with Crippen molar-refractivity contribution in [3.8, 4) is 0 Å². The molecule has 0 aliphatic heterocycles. The standard InChI is InChI=1S/C14H24O3/c1-11(2)7-5-8-12(3)9-6-10-13(4)17-14(15)16/h6-7,10,12-13H,5,8-9H2,1-4H3,(H,15,16)/t12-,13-/m1/s1. The molecular weight excluding hydrogens is 216 g/mol. The molecule has 0 aromatic heterocycles. The molecule has 2 atom stereocenters. The Hall–Kier alpha value is -1.25. The fraction of sp³-hybridized carbons (Fsp3) is 0.643. The van der Waals surface area contributed by atoms with Crippen molar-refractivity contribution < 1.29 is 14.6 Å². The molecule has 1 N–H and O–H groups in total. The van der Waals surface area contributed by atoms with E-state index in [0.29, 0.717) is 5.92 Å². The summed E-state index contributed by atoms with van der Waals surface area (Å²) in [7, 11) is 0. The van der Waals surface area contributed by atoms with Gasteiger partial charge in [0.15, 0.2) is 0 Å². The highest BCUT2D eigenvalue weighted by Crippen LogP contribution is 2.12. The summed E-state index contributed by atoms with van der Waals surface area (Å²) in [5.41, 5.74) is 1.36. The molecule has 0 spiro atoms. The first-order valence-corrected chi connectivity index (χ1v) is 6.11. The molecule has 0 rings (SSSR count). The van der Waals surface area contributed by atoms with E-state index < -0.39 is 6.16 Å². The Kier molecular flexibility index (Phi) is 8.20. The van der Waals surface area contributed by atoms with Crippen molar-refractivity contribution in [3.63, 3.8) is 0 Å². The van der Waals surface area contributed by atoms with Crippen molar-refractivity contribution in [3.05, 3.63) is 23.8 Å². The van der Waals surface area contributed by atoms with Crippen LogP contribution in [0, 0.1) is 5.92 Å². The van der Waals surface area contributed by atoms with E-state index in [1.807, 2.05) is 6.08 Å². The highest BCUT2D eigenvalue weighted by atomic mass is 16.7. The molecular formula is C14H24O3. The second-order valence-corrected chi connectivity index (χ2v) is 4.72. The van der Waals surface area contributed by atoms with Crippen LogP contribution < -0.4 is 0 Å². The Morgan fingerprint density at radius 3 is 2.53 bits per heavy atom. The SMILES string of the molecule is CC(C)=CCC[C@@H](C)CC=C[C@@H](C)OC(=O)O. The molecule has 0 saturated heterocycles. The molecule has 0 aromatic carbocycles. The van der Waals surface area contributed by atoms with E-state index in [4.69, 9.17) is 5.11 Å². The van der Waals surface area contributed by atoms with Crippen LogP contribution in [-0.4, -0.2) is 17.4 Å². The first kappa shape index (κ1) is 15.8. The first-order chi connectivity index (χ1) is 7.91. The zero-order valence-corrected chi connectivity index (χ0v) is 11.3. The summed E-state index contributed by atoms with van der Waals surface area (Å²) < 4.78 is 4.56. The van der Waals surface area contributed by atoms with Crippen molar-refractivity contribution in [1.82, 2.24) is 0 Å². The molecule has 0 heterocycles. The van der Waals surface area contributed by atoms with Gasteiger partial charge in [-0.3, -0.25) is 0 Å². The molecule has 98 valence electrons. The average molecular weight is 240 g/mol. The molecule has 0 radical (unpaired) electrons. The molecule has 0 aliphatic carbocycles. The number of carbonyl (C=O) groups is 1. The third-order valence-electron chi connectivity index (χ3n) is 2.44. The molecule has 0 fully saturated rings. The third-order valence-corrected chi connectivity index (χ3v) is 2.44. The quantitative estimate of drug-likeness (QED) is 0.530. The molecule has 0 aromatic rings. The zero-order valence-electron chi connectivity index (χ0n) is 11.3. The lowest BCUT2D eigenvalue weighted by Crippen LogP contribution is -2.09. The number of ether oxygens (including phenoxy) is 1. The first-order valence-electron chi connectivity index (χ1n) is 6.11. The van der Waals surface area contributed by atoms with Gasteiger partial charge < -0.3 is 9.84 Å². The summed E-state index contributed by atoms with van der Waals surface area (Å²) in [6.45, 7) is 8.13. The minimum absolute atomic E-state index is 0.363. The minimum Gasteiger partial charge on any atom is -0.450 e. The maximum atomic E-state index is 10.2. The Bertz CT molecular complexity index is 275. The van der Waals surface area contributed by atoms with E-state index in [-0.39, 0.29) is 6.10 Å². The zero-order chi connectivity index (χ0) is 13.3. The fourth-order valence-corrected chi connectivity index (χ4v) is 1.48. The van der Waals surface area contributed by atoms with Crippen LogP contribution in [0.25, 0.3) is 0 Å². The number of hydrogen-bond donors (Lipinski definition) is 1. The van der Waals surface area contributed by atoms with Crippen LogP contribution in [0.15, 0.2) is 23.8 Å². The summed E-state index contributed by atoms with van der Waals surface area (Å²) in [5, 5.41) is 8.40. The van der Waals surface area contributed by atoms with Crippen LogP contribution in [0.3, 0.4) is 0 Å². The van der Waals surface area contributed by atoms with E-state index in [2.05, 4.69) is 31.6 Å². The number of carboxylic acid groups (broad SMARTS) is 1. The van der Waals surface area contributed by atoms with Crippen LogP contribution >= 0.6 is 0 Å². The van der Waals surface area contributed by atoms with E-state index >= 15 is 0 Å². The lowest BCUT2D eigenvalue weighted by atomic mass is 10.0. The average Bonchev–Trinajstić information content (AvgIpc) is 2.15. The van der Waals surface area contributed by atoms with Crippen LogP contribution in [-0.2, 0) is 4.74 Å². The molecule has 3 nitrogen and oxygen atoms in total. The van der Waals surface area contributed by atoms with E-state index in [1.165, 1.54) is 5.57 Å². The Labute approximate surface area is 104 Å². The van der Waals surface area contributed by atoms with Gasteiger partial charge in [0.2, 0.25) is 0 Å². The third kappa shape index (κ3) is 11.0. The second kappa shape index (κ2) is 8.85. The Morgan fingerprint density at radius 2 is 2.00 bits per heavy atom. The van der Waals surface area contributed by atoms with Gasteiger partial charge >= 0.3 is 6.16 Å². The predicted molar refractivity (Wildman–Crippen MR) is 70.2 cm³/mol. The highest BCUT2D eigenvalue weighted by molar-refractivity contribution is 5.57. The number of hydrogen-bond acceptors (Lipinski definition) is 2. The van der Waals surface area contributed by atoms with E-state index in [0.717, 1.165) is 19.3 Å². The van der Waals surface area contributed by atoms with Crippen molar-refractivity contribution in [1.29, 1.82) is 0 Å². The topological polar surface area (TPSA) is 46.5 Å². The summed E-state index contributed by atoms with van der Waals surface area (Å²) in [6, 6.07) is 0. The molecule has 0 saturated carbocycles. The summed E-state index contributed by atoms with van der Waals surface area (Å²) in [6.07, 6.45) is 7.69. The Morgan fingerprint density at radius 1 is 1.35 bits per heavy atom. The lowest BCUT2D eigenvalue weighted by molar-refractivity contribution is 0.0751. The molecule has 0 bridgehead atoms. The number of allylic oxidation sites excluding steroid dienone is 3. The van der Waals surface area contributed by atoms with E-state index in [1.54, 1.807) is 13.0 Å². The smallest absolute Gasteiger partial charge is 0.450 e. The lowest BCUT2D eigenvalue weighted by Gasteiger charge is -2.08. The molecule has 0 aliphatic rings. The summed E-state index contributed by atoms with van der Waals surface area (Å²) >= 11 is 0. The van der Waals surface area contributed by atoms with Gasteiger partial charge in [0, 0.05) is 0 Å². The predicted octanol–water partition coefficient (Wildman–Crippen LogP) is 4.40. The van der Waals surface area contributed by atoms with Crippen molar-refractivity contribution in [2.75, 3.05) is 0 Å². The normalized spacial score (nSPS) is 14.4. The van der Waals surface area contributed by atoms with Crippen molar-refractivity contribution in [2.45, 2.75) is 53.1 Å². The maximum Gasteiger partial charge on any atom is 0.506 e. The van der Waals surface area contributed by atoms with Gasteiger partial charge in [0.05, 0.1) is 0 Å². The van der Waals surface area contributed by atoms with E-state index in [9.17, 15) is 4.79 Å².